The predicted octanol–water partition coefficient (Wildman–Crippen LogP) is 5.32. The topological polar surface area (TPSA) is 122 Å². The Morgan fingerprint density at radius 1 is 0.909 bits per heavy atom. The summed E-state index contributed by atoms with van der Waals surface area (Å²) in [6.07, 6.45) is -0.0137. The second-order valence-electron chi connectivity index (χ2n) is 12.9. The Balaban J connectivity index is 1.86. The minimum atomic E-state index is -1.08. The smallest absolute Gasteiger partial charge is 0.331 e. The molecule has 1 aromatic carbocycles. The summed E-state index contributed by atoms with van der Waals surface area (Å²) in [5, 5.41) is 0. The summed E-state index contributed by atoms with van der Waals surface area (Å²) in [6.45, 7) is 15.6. The number of fused-ring (bicyclic) bond motifs is 3. The van der Waals surface area contributed by atoms with Gasteiger partial charge in [-0.25, -0.2) is 4.79 Å². The first kappa shape index (κ1) is 32.9. The van der Waals surface area contributed by atoms with E-state index in [2.05, 4.69) is 6.58 Å². The molecule has 3 aliphatic rings. The lowest BCUT2D eigenvalue weighted by molar-refractivity contribution is -0.202. The largest absolute Gasteiger partial charge is 0.462 e. The molecule has 0 radical (unpaired) electrons. The van der Waals surface area contributed by atoms with Crippen LogP contribution in [0.3, 0.4) is 0 Å². The first-order chi connectivity index (χ1) is 20.6. The number of Topliss-reactive ketones (excluding diaryl/α,β-unsaturated/α-hetero) is 1. The van der Waals surface area contributed by atoms with Crippen molar-refractivity contribution in [3.8, 4) is 0 Å². The third-order valence-electron chi connectivity index (χ3n) is 9.61. The molecule has 2 fully saturated rings. The third kappa shape index (κ3) is 6.28. The number of allylic oxidation sites excluding steroid dienone is 1. The Hall–Kier alpha value is -4.01. The van der Waals surface area contributed by atoms with Gasteiger partial charge in [-0.05, 0) is 53.5 Å². The molecule has 236 valence electrons. The summed E-state index contributed by atoms with van der Waals surface area (Å²) >= 11 is 0. The van der Waals surface area contributed by atoms with Crippen LogP contribution in [0.2, 0.25) is 0 Å². The number of hydrogen-bond donors (Lipinski definition) is 0. The summed E-state index contributed by atoms with van der Waals surface area (Å²) in [5.74, 6) is -3.76. The van der Waals surface area contributed by atoms with Gasteiger partial charge in [0, 0.05) is 50.5 Å². The van der Waals surface area contributed by atoms with Gasteiger partial charge in [0.15, 0.2) is 11.9 Å². The SMILES string of the molecule is C=C1[C@@H](OC(=O)/C=C\c2ccccc2)CC[C@@]2(C)[C@@H](OC(C)=O)[C@H](OC(C)=O)C3=C(C)C(=O)C[C@@H]([C@@H](OC(C)=O)[C@H]12)C3(C)C. The Morgan fingerprint density at radius 2 is 1.52 bits per heavy atom. The minimum absolute atomic E-state index is 0.0788. The van der Waals surface area contributed by atoms with Crippen molar-refractivity contribution >= 4 is 35.7 Å². The molecule has 44 heavy (non-hydrogen) atoms. The van der Waals surface area contributed by atoms with Crippen LogP contribution in [0.15, 0.2) is 59.7 Å². The van der Waals surface area contributed by atoms with Crippen LogP contribution in [-0.4, -0.2) is 54.1 Å². The van der Waals surface area contributed by atoms with E-state index in [-0.39, 0.29) is 12.2 Å². The quantitative estimate of drug-likeness (QED) is 0.183. The lowest BCUT2D eigenvalue weighted by Gasteiger charge is -2.59. The maximum atomic E-state index is 13.5. The van der Waals surface area contributed by atoms with E-state index >= 15 is 0 Å². The van der Waals surface area contributed by atoms with Gasteiger partial charge in [0.05, 0.1) is 0 Å². The Labute approximate surface area is 258 Å². The van der Waals surface area contributed by atoms with Crippen molar-refractivity contribution in [1.82, 2.24) is 0 Å². The van der Waals surface area contributed by atoms with Crippen molar-refractivity contribution in [3.63, 3.8) is 0 Å². The standard InChI is InChI=1S/C35H42O9/c1-19-26(39)18-25-31(41-21(3)36)30-20(2)27(44-28(40)15-14-24-12-10-9-11-13-24)16-17-35(30,8)33(43-23(5)38)32(42-22(4)37)29(19)34(25,6)7/h9-15,25,27,30-33H,2,16-18H2,1,3-8H3/b15-14-/t25-,27-,30-,31+,32+,33-,35+/m0/s1. The van der Waals surface area contributed by atoms with E-state index in [1.165, 1.54) is 26.8 Å². The summed E-state index contributed by atoms with van der Waals surface area (Å²) in [7, 11) is 0. The van der Waals surface area contributed by atoms with Crippen LogP contribution < -0.4 is 0 Å². The molecule has 0 unspecified atom stereocenters. The zero-order valence-corrected chi connectivity index (χ0v) is 26.5. The fraction of sp³-hybridized carbons (Fsp3) is 0.514. The van der Waals surface area contributed by atoms with Crippen molar-refractivity contribution in [2.45, 2.75) is 92.1 Å². The highest BCUT2D eigenvalue weighted by atomic mass is 16.6. The average molecular weight is 607 g/mol. The van der Waals surface area contributed by atoms with E-state index in [1.807, 2.05) is 51.1 Å². The molecule has 0 N–H and O–H groups in total. The number of hydrogen-bond acceptors (Lipinski definition) is 9. The average Bonchev–Trinajstić information content (AvgIpc) is 2.93. The van der Waals surface area contributed by atoms with E-state index in [4.69, 9.17) is 18.9 Å². The molecule has 0 amide bonds. The normalized spacial score (nSPS) is 31.3. The van der Waals surface area contributed by atoms with Crippen LogP contribution in [0, 0.1) is 22.7 Å². The zero-order chi connectivity index (χ0) is 32.6. The van der Waals surface area contributed by atoms with Crippen LogP contribution >= 0.6 is 0 Å². The molecular weight excluding hydrogens is 564 g/mol. The maximum absolute atomic E-state index is 13.5. The van der Waals surface area contributed by atoms with Gasteiger partial charge in [0.1, 0.15) is 18.3 Å². The molecule has 3 aliphatic carbocycles. The Kier molecular flexibility index (Phi) is 9.37. The summed E-state index contributed by atoms with van der Waals surface area (Å²) in [4.78, 5) is 64.4. The van der Waals surface area contributed by atoms with Gasteiger partial charge in [-0.1, -0.05) is 57.7 Å². The highest BCUT2D eigenvalue weighted by Gasteiger charge is 2.64. The number of ketones is 1. The van der Waals surface area contributed by atoms with Gasteiger partial charge in [-0.2, -0.15) is 0 Å². The van der Waals surface area contributed by atoms with E-state index in [0.717, 1.165) is 5.56 Å². The molecule has 0 aromatic heterocycles. The lowest BCUT2D eigenvalue weighted by Crippen LogP contribution is -2.64. The van der Waals surface area contributed by atoms with Crippen LogP contribution in [0.4, 0.5) is 0 Å². The molecule has 0 heterocycles. The first-order valence-corrected chi connectivity index (χ1v) is 15.0. The first-order valence-electron chi connectivity index (χ1n) is 15.0. The molecule has 0 saturated heterocycles. The fourth-order valence-electron chi connectivity index (χ4n) is 7.65. The second kappa shape index (κ2) is 12.5. The Bertz CT molecular complexity index is 1420. The number of esters is 4. The Morgan fingerprint density at radius 3 is 2.11 bits per heavy atom. The molecule has 1 aromatic rings. The summed E-state index contributed by atoms with van der Waals surface area (Å²) in [5.41, 5.74) is 0.459. The molecule has 2 bridgehead atoms. The lowest BCUT2D eigenvalue weighted by atomic mass is 9.49. The van der Waals surface area contributed by atoms with Gasteiger partial charge in [0.2, 0.25) is 0 Å². The molecule has 2 saturated carbocycles. The third-order valence-corrected chi connectivity index (χ3v) is 9.61. The van der Waals surface area contributed by atoms with E-state index < -0.39 is 71.0 Å². The van der Waals surface area contributed by atoms with E-state index in [9.17, 15) is 24.0 Å². The van der Waals surface area contributed by atoms with Crippen molar-refractivity contribution in [1.29, 1.82) is 0 Å². The van der Waals surface area contributed by atoms with Crippen LogP contribution in [0.25, 0.3) is 6.08 Å². The van der Waals surface area contributed by atoms with Gasteiger partial charge in [-0.3, -0.25) is 19.2 Å². The number of benzene rings is 1. The van der Waals surface area contributed by atoms with Crippen molar-refractivity contribution in [2.75, 3.05) is 0 Å². The molecule has 9 heteroatoms. The highest BCUT2D eigenvalue weighted by Crippen LogP contribution is 2.60. The number of carbonyl (C=O) groups excluding carboxylic acids is 5. The van der Waals surface area contributed by atoms with Crippen molar-refractivity contribution in [2.24, 2.45) is 22.7 Å². The van der Waals surface area contributed by atoms with Crippen molar-refractivity contribution < 1.29 is 42.9 Å². The van der Waals surface area contributed by atoms with E-state index in [1.54, 1.807) is 13.0 Å². The predicted molar refractivity (Wildman–Crippen MR) is 162 cm³/mol. The molecular formula is C35H42O9. The summed E-state index contributed by atoms with van der Waals surface area (Å²) < 4.78 is 24.0. The van der Waals surface area contributed by atoms with Gasteiger partial charge in [0.25, 0.3) is 0 Å². The fourth-order valence-corrected chi connectivity index (χ4v) is 7.65. The molecule has 9 nitrogen and oxygen atoms in total. The van der Waals surface area contributed by atoms with Crippen LogP contribution in [-0.2, 0) is 42.9 Å². The molecule has 4 rings (SSSR count). The van der Waals surface area contributed by atoms with Gasteiger partial charge in [-0.15, -0.1) is 0 Å². The van der Waals surface area contributed by atoms with Crippen LogP contribution in [0.5, 0.6) is 0 Å². The number of rotatable bonds is 6. The van der Waals surface area contributed by atoms with Gasteiger partial charge < -0.3 is 18.9 Å². The molecule has 7 atom stereocenters. The van der Waals surface area contributed by atoms with E-state index in [0.29, 0.717) is 29.6 Å². The van der Waals surface area contributed by atoms with Crippen LogP contribution in [0.1, 0.15) is 73.3 Å². The number of ether oxygens (including phenoxy) is 4. The monoisotopic (exact) mass is 606 g/mol. The summed E-state index contributed by atoms with van der Waals surface area (Å²) in [6, 6.07) is 9.32. The molecule has 0 spiro atoms. The second-order valence-corrected chi connectivity index (χ2v) is 12.9. The minimum Gasteiger partial charge on any atom is -0.462 e. The van der Waals surface area contributed by atoms with Gasteiger partial charge >= 0.3 is 23.9 Å². The maximum Gasteiger partial charge on any atom is 0.331 e. The molecule has 0 aliphatic heterocycles. The number of carbonyl (C=O) groups is 5. The zero-order valence-electron chi connectivity index (χ0n) is 26.5. The van der Waals surface area contributed by atoms with Crippen molar-refractivity contribution in [3.05, 3.63) is 65.3 Å². The highest BCUT2D eigenvalue weighted by molar-refractivity contribution is 5.97.